The van der Waals surface area contributed by atoms with Crippen LogP contribution in [-0.4, -0.2) is 48.9 Å². The Kier molecular flexibility index (Phi) is 4.01. The van der Waals surface area contributed by atoms with Crippen LogP contribution in [0.4, 0.5) is 0 Å². The van der Waals surface area contributed by atoms with E-state index < -0.39 is 11.2 Å². The highest BCUT2D eigenvalue weighted by molar-refractivity contribution is 6.09. The number of carbonyl (C=O) groups is 1. The molecule has 2 aliphatic heterocycles. The topological polar surface area (TPSA) is 47.8 Å². The summed E-state index contributed by atoms with van der Waals surface area (Å²) in [6, 6.07) is 10.3. The quantitative estimate of drug-likeness (QED) is 0.480. The Morgan fingerprint density at radius 1 is 1.28 bits per heavy atom. The lowest BCUT2D eigenvalue weighted by molar-refractivity contribution is -0.532. The molecule has 5 nitrogen and oxygen atoms in total. The van der Waals surface area contributed by atoms with Gasteiger partial charge in [-0.15, -0.1) is 0 Å². The molecule has 2 heterocycles. The molecule has 1 saturated heterocycles. The van der Waals surface area contributed by atoms with Crippen molar-refractivity contribution in [2.75, 3.05) is 26.9 Å². The zero-order valence-corrected chi connectivity index (χ0v) is 14.6. The third-order valence-electron chi connectivity index (χ3n) is 5.70. The number of hydrogen-bond acceptors (Lipinski definition) is 4. The second-order valence-electron chi connectivity index (χ2n) is 7.07. The number of rotatable bonds is 3. The van der Waals surface area contributed by atoms with Crippen molar-refractivity contribution in [3.63, 3.8) is 0 Å². The predicted molar refractivity (Wildman–Crippen MR) is 92.4 cm³/mol. The van der Waals surface area contributed by atoms with Gasteiger partial charge in [-0.1, -0.05) is 36.9 Å². The van der Waals surface area contributed by atoms with E-state index >= 15 is 0 Å². The smallest absolute Gasteiger partial charge is 0.326 e. The van der Waals surface area contributed by atoms with Crippen molar-refractivity contribution in [3.8, 4) is 0 Å². The van der Waals surface area contributed by atoms with Gasteiger partial charge in [0.05, 0.1) is 20.3 Å². The minimum atomic E-state index is -0.827. The standard InChI is InChI=1S/C20H24NO4/c1-15-12-21(13-16-6-4-3-5-7-16)17-8-9-19(24-10-11-25-19)14-20(15,17)18(22)23-2/h3-7H,1,8-14H2,2H3/q+1. The summed E-state index contributed by atoms with van der Waals surface area (Å²) in [7, 11) is 1.44. The number of benzene rings is 1. The van der Waals surface area contributed by atoms with Crippen LogP contribution in [0, 0.1) is 5.41 Å². The molecule has 5 heteroatoms. The summed E-state index contributed by atoms with van der Waals surface area (Å²) in [5.41, 5.74) is 2.37. The molecule has 1 spiro atoms. The van der Waals surface area contributed by atoms with Gasteiger partial charge in [-0.05, 0) is 0 Å². The maximum absolute atomic E-state index is 12.9. The second-order valence-corrected chi connectivity index (χ2v) is 7.07. The van der Waals surface area contributed by atoms with Crippen LogP contribution < -0.4 is 0 Å². The fourth-order valence-corrected chi connectivity index (χ4v) is 4.54. The lowest BCUT2D eigenvalue weighted by atomic mass is 9.67. The van der Waals surface area contributed by atoms with Crippen molar-refractivity contribution in [2.45, 2.75) is 31.6 Å². The van der Waals surface area contributed by atoms with Gasteiger partial charge in [0.2, 0.25) is 0 Å². The largest absolute Gasteiger partial charge is 0.468 e. The monoisotopic (exact) mass is 342 g/mol. The highest BCUT2D eigenvalue weighted by atomic mass is 16.7. The van der Waals surface area contributed by atoms with E-state index in [0.717, 1.165) is 30.7 Å². The Balaban J connectivity index is 1.74. The van der Waals surface area contributed by atoms with E-state index in [4.69, 9.17) is 14.2 Å². The Bertz CT molecular complexity index is 733. The highest BCUT2D eigenvalue weighted by Gasteiger charge is 2.64. The van der Waals surface area contributed by atoms with Crippen molar-refractivity contribution in [3.05, 3.63) is 48.0 Å². The molecule has 2 fully saturated rings. The van der Waals surface area contributed by atoms with E-state index in [1.807, 2.05) is 18.2 Å². The average Bonchev–Trinajstić information content (AvgIpc) is 3.19. The van der Waals surface area contributed by atoms with E-state index in [9.17, 15) is 4.79 Å². The molecule has 132 valence electrons. The van der Waals surface area contributed by atoms with Gasteiger partial charge < -0.3 is 14.2 Å². The molecule has 25 heavy (non-hydrogen) atoms. The van der Waals surface area contributed by atoms with Crippen LogP contribution in [0.2, 0.25) is 0 Å². The van der Waals surface area contributed by atoms with E-state index in [1.165, 1.54) is 12.7 Å². The van der Waals surface area contributed by atoms with Gasteiger partial charge in [0.25, 0.3) is 0 Å². The lowest BCUT2D eigenvalue weighted by Crippen LogP contribution is -2.52. The first-order valence-electron chi connectivity index (χ1n) is 8.79. The number of methoxy groups -OCH3 is 1. The normalized spacial score (nSPS) is 27.6. The number of hydrogen-bond donors (Lipinski definition) is 0. The molecule has 0 amide bonds. The third-order valence-corrected chi connectivity index (χ3v) is 5.70. The van der Waals surface area contributed by atoms with E-state index in [1.54, 1.807) is 0 Å². The zero-order chi connectivity index (χ0) is 17.5. The summed E-state index contributed by atoms with van der Waals surface area (Å²) in [5, 5.41) is 0. The number of fused-ring (bicyclic) bond motifs is 1. The number of carbonyl (C=O) groups excluding carboxylic acids is 1. The molecule has 1 unspecified atom stereocenters. The zero-order valence-electron chi connectivity index (χ0n) is 14.6. The first-order chi connectivity index (χ1) is 12.1. The second kappa shape index (κ2) is 6.07. The Morgan fingerprint density at radius 2 is 2.00 bits per heavy atom. The van der Waals surface area contributed by atoms with Gasteiger partial charge in [-0.2, -0.15) is 0 Å². The van der Waals surface area contributed by atoms with Gasteiger partial charge in [0, 0.05) is 30.4 Å². The van der Waals surface area contributed by atoms with E-state index in [-0.39, 0.29) is 5.97 Å². The number of ether oxygens (including phenoxy) is 3. The van der Waals surface area contributed by atoms with Gasteiger partial charge in [0.1, 0.15) is 0 Å². The van der Waals surface area contributed by atoms with E-state index in [2.05, 4.69) is 23.3 Å². The van der Waals surface area contributed by atoms with Crippen molar-refractivity contribution in [2.24, 2.45) is 5.41 Å². The molecule has 1 saturated carbocycles. The third kappa shape index (κ3) is 2.53. The Morgan fingerprint density at radius 3 is 2.68 bits per heavy atom. The fraction of sp³-hybridized carbons (Fsp3) is 0.500. The van der Waals surface area contributed by atoms with Crippen LogP contribution in [0.15, 0.2) is 42.5 Å². The van der Waals surface area contributed by atoms with Gasteiger partial charge in [0.15, 0.2) is 30.0 Å². The molecule has 0 aromatic heterocycles. The van der Waals surface area contributed by atoms with Crippen molar-refractivity contribution < 1.29 is 23.6 Å². The van der Waals surface area contributed by atoms with E-state index in [0.29, 0.717) is 26.2 Å². The molecule has 1 aromatic carbocycles. The fourth-order valence-electron chi connectivity index (χ4n) is 4.54. The highest BCUT2D eigenvalue weighted by Crippen LogP contribution is 2.51. The molecular weight excluding hydrogens is 318 g/mol. The maximum Gasteiger partial charge on any atom is 0.326 e. The summed E-state index contributed by atoms with van der Waals surface area (Å²) in [6.45, 7) is 6.83. The SMILES string of the molecule is C=C1C[N+](Cc2ccccc2)=C2CCC3(CC12C(=O)OC)OCCO3. The van der Waals surface area contributed by atoms with Gasteiger partial charge in [-0.3, -0.25) is 4.79 Å². The molecule has 1 aromatic rings. The van der Waals surface area contributed by atoms with Crippen molar-refractivity contribution in [1.82, 2.24) is 0 Å². The van der Waals surface area contributed by atoms with Crippen molar-refractivity contribution in [1.29, 1.82) is 0 Å². The maximum atomic E-state index is 12.9. The molecule has 4 rings (SSSR count). The first-order valence-corrected chi connectivity index (χ1v) is 8.79. The van der Waals surface area contributed by atoms with Crippen LogP contribution in [-0.2, 0) is 25.5 Å². The molecule has 0 radical (unpaired) electrons. The average molecular weight is 342 g/mol. The van der Waals surface area contributed by atoms with Crippen LogP contribution >= 0.6 is 0 Å². The van der Waals surface area contributed by atoms with Gasteiger partial charge >= 0.3 is 5.97 Å². The summed E-state index contributed by atoms with van der Waals surface area (Å²) in [5.74, 6) is -0.926. The molecule has 1 atom stereocenters. The van der Waals surface area contributed by atoms with Crippen LogP contribution in [0.1, 0.15) is 24.8 Å². The minimum absolute atomic E-state index is 0.249. The van der Waals surface area contributed by atoms with Crippen LogP contribution in [0.5, 0.6) is 0 Å². The number of nitrogens with zero attached hydrogens (tertiary/aromatic N) is 1. The molecule has 0 N–H and O–H groups in total. The molecule has 0 bridgehead atoms. The van der Waals surface area contributed by atoms with Gasteiger partial charge in [-0.25, -0.2) is 4.58 Å². The summed E-state index contributed by atoms with van der Waals surface area (Å²) in [6.07, 6.45) is 1.98. The summed E-state index contributed by atoms with van der Waals surface area (Å²) >= 11 is 0. The summed E-state index contributed by atoms with van der Waals surface area (Å²) < 4.78 is 19.3. The summed E-state index contributed by atoms with van der Waals surface area (Å²) in [4.78, 5) is 12.9. The minimum Gasteiger partial charge on any atom is -0.468 e. The van der Waals surface area contributed by atoms with Crippen LogP contribution in [0.3, 0.4) is 0 Å². The predicted octanol–water partition coefficient (Wildman–Crippen LogP) is 2.30. The molecule has 1 aliphatic carbocycles. The number of esters is 1. The Labute approximate surface area is 147 Å². The molecule has 3 aliphatic rings. The van der Waals surface area contributed by atoms with Crippen LogP contribution in [0.25, 0.3) is 0 Å². The Hall–Kier alpha value is -1.98. The first kappa shape index (κ1) is 16.5. The molecular formula is C20H24NO4+. The lowest BCUT2D eigenvalue weighted by Gasteiger charge is -2.39. The van der Waals surface area contributed by atoms with Crippen molar-refractivity contribution >= 4 is 11.7 Å².